The SMILES string of the molecule is CCNS(=O)(=O)c1ccc(C(=O)c2ccc(F)cc2)cc1. The molecule has 2 aromatic carbocycles. The van der Waals surface area contributed by atoms with Crippen LogP contribution in [0.5, 0.6) is 0 Å². The molecule has 0 heterocycles. The van der Waals surface area contributed by atoms with Crippen molar-refractivity contribution in [2.24, 2.45) is 0 Å². The zero-order valence-electron chi connectivity index (χ0n) is 11.3. The van der Waals surface area contributed by atoms with E-state index < -0.39 is 15.8 Å². The second-order valence-corrected chi connectivity index (χ2v) is 6.13. The monoisotopic (exact) mass is 307 g/mol. The quantitative estimate of drug-likeness (QED) is 0.863. The molecule has 0 spiro atoms. The van der Waals surface area contributed by atoms with Crippen molar-refractivity contribution in [1.82, 2.24) is 4.72 Å². The normalized spacial score (nSPS) is 11.3. The number of sulfonamides is 1. The predicted molar refractivity (Wildman–Crippen MR) is 77.1 cm³/mol. The van der Waals surface area contributed by atoms with Gasteiger partial charge in [0.25, 0.3) is 0 Å². The minimum Gasteiger partial charge on any atom is -0.289 e. The van der Waals surface area contributed by atoms with Crippen LogP contribution in [0.2, 0.25) is 0 Å². The highest BCUT2D eigenvalue weighted by atomic mass is 32.2. The number of carbonyl (C=O) groups is 1. The van der Waals surface area contributed by atoms with Gasteiger partial charge in [0, 0.05) is 17.7 Å². The van der Waals surface area contributed by atoms with Gasteiger partial charge in [0.1, 0.15) is 5.82 Å². The molecule has 21 heavy (non-hydrogen) atoms. The summed E-state index contributed by atoms with van der Waals surface area (Å²) in [5.74, 6) is -0.707. The third kappa shape index (κ3) is 3.53. The molecule has 0 aromatic heterocycles. The van der Waals surface area contributed by atoms with E-state index in [0.29, 0.717) is 17.7 Å². The van der Waals surface area contributed by atoms with Gasteiger partial charge in [-0.3, -0.25) is 4.79 Å². The van der Waals surface area contributed by atoms with Crippen LogP contribution in [0, 0.1) is 5.82 Å². The highest BCUT2D eigenvalue weighted by Crippen LogP contribution is 2.14. The second-order valence-electron chi connectivity index (χ2n) is 4.36. The third-order valence-electron chi connectivity index (χ3n) is 2.87. The van der Waals surface area contributed by atoms with Crippen LogP contribution in [0.15, 0.2) is 53.4 Å². The topological polar surface area (TPSA) is 63.2 Å². The van der Waals surface area contributed by atoms with Gasteiger partial charge in [-0.25, -0.2) is 17.5 Å². The van der Waals surface area contributed by atoms with Crippen LogP contribution in [-0.2, 0) is 10.0 Å². The summed E-state index contributed by atoms with van der Waals surface area (Å²) in [4.78, 5) is 12.3. The van der Waals surface area contributed by atoms with Gasteiger partial charge in [-0.1, -0.05) is 6.92 Å². The molecule has 6 heteroatoms. The Morgan fingerprint density at radius 1 is 1.00 bits per heavy atom. The smallest absolute Gasteiger partial charge is 0.240 e. The van der Waals surface area contributed by atoms with Crippen molar-refractivity contribution in [2.45, 2.75) is 11.8 Å². The van der Waals surface area contributed by atoms with E-state index in [1.807, 2.05) is 0 Å². The van der Waals surface area contributed by atoms with Crippen molar-refractivity contribution in [1.29, 1.82) is 0 Å². The average Bonchev–Trinajstić information content (AvgIpc) is 2.47. The van der Waals surface area contributed by atoms with Crippen LogP contribution in [0.25, 0.3) is 0 Å². The lowest BCUT2D eigenvalue weighted by Gasteiger charge is -2.06. The lowest BCUT2D eigenvalue weighted by Crippen LogP contribution is -2.23. The molecule has 4 nitrogen and oxygen atoms in total. The van der Waals surface area contributed by atoms with Crippen LogP contribution < -0.4 is 4.72 Å². The summed E-state index contributed by atoms with van der Waals surface area (Å²) >= 11 is 0. The number of carbonyl (C=O) groups excluding carboxylic acids is 1. The predicted octanol–water partition coefficient (Wildman–Crippen LogP) is 2.35. The lowest BCUT2D eigenvalue weighted by atomic mass is 10.0. The number of ketones is 1. The molecule has 110 valence electrons. The van der Waals surface area contributed by atoms with E-state index in [4.69, 9.17) is 0 Å². The Hall–Kier alpha value is -2.05. The van der Waals surface area contributed by atoms with E-state index in [9.17, 15) is 17.6 Å². The summed E-state index contributed by atoms with van der Waals surface area (Å²) in [6.07, 6.45) is 0. The van der Waals surface area contributed by atoms with Crippen molar-refractivity contribution in [3.05, 3.63) is 65.5 Å². The molecule has 1 N–H and O–H groups in total. The molecule has 2 aromatic rings. The Balaban J connectivity index is 2.27. The summed E-state index contributed by atoms with van der Waals surface area (Å²) < 4.78 is 38.8. The fourth-order valence-corrected chi connectivity index (χ4v) is 2.87. The molecular formula is C15H14FNO3S. The zero-order chi connectivity index (χ0) is 15.5. The summed E-state index contributed by atoms with van der Waals surface area (Å²) in [7, 11) is -3.53. The number of hydrogen-bond donors (Lipinski definition) is 1. The van der Waals surface area contributed by atoms with Crippen molar-refractivity contribution >= 4 is 15.8 Å². The van der Waals surface area contributed by atoms with Crippen molar-refractivity contribution < 1.29 is 17.6 Å². The molecule has 0 aliphatic rings. The van der Waals surface area contributed by atoms with Crippen molar-refractivity contribution in [2.75, 3.05) is 6.54 Å². The van der Waals surface area contributed by atoms with Gasteiger partial charge in [-0.2, -0.15) is 0 Å². The molecule has 0 radical (unpaired) electrons. The van der Waals surface area contributed by atoms with E-state index in [1.165, 1.54) is 48.5 Å². The van der Waals surface area contributed by atoms with Crippen LogP contribution in [0.3, 0.4) is 0 Å². The lowest BCUT2D eigenvalue weighted by molar-refractivity contribution is 0.103. The van der Waals surface area contributed by atoms with E-state index in [1.54, 1.807) is 6.92 Å². The molecule has 0 fully saturated rings. The fraction of sp³-hybridized carbons (Fsp3) is 0.133. The van der Waals surface area contributed by atoms with Crippen molar-refractivity contribution in [3.8, 4) is 0 Å². The van der Waals surface area contributed by atoms with Gasteiger partial charge in [0.2, 0.25) is 10.0 Å². The highest BCUT2D eigenvalue weighted by Gasteiger charge is 2.14. The van der Waals surface area contributed by atoms with Gasteiger partial charge < -0.3 is 0 Å². The van der Waals surface area contributed by atoms with Crippen LogP contribution in [0.1, 0.15) is 22.8 Å². The van der Waals surface area contributed by atoms with Gasteiger partial charge in [-0.05, 0) is 48.5 Å². The third-order valence-corrected chi connectivity index (χ3v) is 4.43. The first-order valence-corrected chi connectivity index (χ1v) is 7.82. The fourth-order valence-electron chi connectivity index (χ4n) is 1.83. The molecular weight excluding hydrogens is 293 g/mol. The second kappa shape index (κ2) is 6.15. The Morgan fingerprint density at radius 3 is 1.95 bits per heavy atom. The number of benzene rings is 2. The van der Waals surface area contributed by atoms with Gasteiger partial charge in [0.15, 0.2) is 5.78 Å². The number of rotatable bonds is 5. The molecule has 0 aliphatic heterocycles. The maximum atomic E-state index is 12.8. The molecule has 0 saturated heterocycles. The standard InChI is InChI=1S/C15H14FNO3S/c1-2-17-21(19,20)14-9-5-12(6-10-14)15(18)11-3-7-13(16)8-4-11/h3-10,17H,2H2,1H3. The summed E-state index contributed by atoms with van der Waals surface area (Å²) in [6.45, 7) is 1.97. The minimum absolute atomic E-state index is 0.0972. The molecule has 0 saturated carbocycles. The maximum Gasteiger partial charge on any atom is 0.240 e. The first-order chi connectivity index (χ1) is 9.94. The first-order valence-electron chi connectivity index (χ1n) is 6.34. The Labute approximate surface area is 122 Å². The van der Waals surface area contributed by atoms with E-state index in [0.717, 1.165) is 0 Å². The Morgan fingerprint density at radius 2 is 1.48 bits per heavy atom. The van der Waals surface area contributed by atoms with Gasteiger partial charge in [0.05, 0.1) is 4.90 Å². The first kappa shape index (κ1) is 15.3. The van der Waals surface area contributed by atoms with Crippen molar-refractivity contribution in [3.63, 3.8) is 0 Å². The number of halogens is 1. The maximum absolute atomic E-state index is 12.8. The summed E-state index contributed by atoms with van der Waals surface area (Å²) in [5, 5.41) is 0. The average molecular weight is 307 g/mol. The zero-order valence-corrected chi connectivity index (χ0v) is 12.2. The number of nitrogens with one attached hydrogen (secondary N) is 1. The highest BCUT2D eigenvalue weighted by molar-refractivity contribution is 7.89. The summed E-state index contributed by atoms with van der Waals surface area (Å²) in [5.41, 5.74) is 0.691. The molecule has 0 bridgehead atoms. The number of hydrogen-bond acceptors (Lipinski definition) is 3. The molecule has 2 rings (SSSR count). The summed E-state index contributed by atoms with van der Waals surface area (Å²) in [6, 6.07) is 10.8. The Bertz CT molecular complexity index is 737. The largest absolute Gasteiger partial charge is 0.289 e. The van der Waals surface area contributed by atoms with Crippen LogP contribution >= 0.6 is 0 Å². The molecule has 0 amide bonds. The molecule has 0 atom stereocenters. The molecule has 0 aliphatic carbocycles. The van der Waals surface area contributed by atoms with Crippen LogP contribution in [-0.4, -0.2) is 20.7 Å². The van der Waals surface area contributed by atoms with Gasteiger partial charge >= 0.3 is 0 Å². The van der Waals surface area contributed by atoms with E-state index in [-0.39, 0.29) is 10.7 Å². The van der Waals surface area contributed by atoms with E-state index in [2.05, 4.69) is 4.72 Å². The van der Waals surface area contributed by atoms with E-state index >= 15 is 0 Å². The van der Waals surface area contributed by atoms with Gasteiger partial charge in [-0.15, -0.1) is 0 Å². The Kier molecular flexibility index (Phi) is 4.50. The van der Waals surface area contributed by atoms with Crippen LogP contribution in [0.4, 0.5) is 4.39 Å². The minimum atomic E-state index is -3.53. The molecule has 0 unspecified atom stereocenters.